The minimum absolute atomic E-state index is 0. The Labute approximate surface area is 590 Å². The molecule has 10 fully saturated rings. The summed E-state index contributed by atoms with van der Waals surface area (Å²) in [6.45, 7) is 14.0. The zero-order valence-corrected chi connectivity index (χ0v) is 59.5. The molecule has 7 saturated heterocycles. The van der Waals surface area contributed by atoms with E-state index in [1.54, 1.807) is 0 Å². The molecule has 11 rings (SSSR count). The van der Waals surface area contributed by atoms with Gasteiger partial charge in [-0.05, 0) is 126 Å². The molecule has 4 aliphatic carbocycles. The summed E-state index contributed by atoms with van der Waals surface area (Å²) in [6, 6.07) is 0. The normalized spacial score (nSPS) is 53.6. The van der Waals surface area contributed by atoms with Crippen LogP contribution in [0.1, 0.15) is 114 Å². The minimum atomic E-state index is -5.16. The van der Waals surface area contributed by atoms with Gasteiger partial charge in [0, 0.05) is 0 Å². The second-order valence-electron chi connectivity index (χ2n) is 30.2. The van der Waals surface area contributed by atoms with E-state index in [1.165, 1.54) is 27.7 Å². The first-order valence-corrected chi connectivity index (χ1v) is 35.4. The van der Waals surface area contributed by atoms with E-state index in [-0.39, 0.29) is 72.4 Å². The molecular formula is C63H103NaO33S. The standard InChI is InChI=1S/C63H104O33S.Na/c1-21(2)16-32-54(87-32)63(9,79)35-11-10-28-27-18-31(30-17-26(96-97(80,81)82)12-14-61(30,7)29(27)13-15-62(28,35)8)88-58-48(78)51(38(68)24(5)85-58)93-59-52(94-55-43(73)40(70)36(66)22(3)83-55)46(76)49(25(6)86-59)91-60-53(95-56-44(74)41(71)37(67)23(4)84-56)47(77)50(34(20-65)90-60)92-57-45(75)42(72)39(69)33(19-64)89-57;/h13,21-28,30-60,64-79H,10-12,14-20H2,1-9H3,(H,80,81,82);/q;+1/p-1/t22?,23?,24?,25?,26-,27?,28?,30?,31?,32?,33?,34?,35-,36?,37?,38?,39?,40?,41?,42?,43?,44?,45?,46?,47?,48?,49?,50?,51?,52?,53?,54?,55?,56?,57?,58?,59?,60?,61+,62-,63?;/m0./s1. The molecule has 0 amide bonds. The van der Waals surface area contributed by atoms with Crippen LogP contribution >= 0.6 is 0 Å². The molecule has 37 unspecified atom stereocenters. The molecule has 7 aliphatic heterocycles. The minimum Gasteiger partial charge on any atom is -0.726 e. The van der Waals surface area contributed by atoms with Gasteiger partial charge in [0.05, 0.1) is 61.5 Å². The monoisotopic (exact) mass is 1440 g/mol. The van der Waals surface area contributed by atoms with Gasteiger partial charge in [0.2, 0.25) is 10.4 Å². The van der Waals surface area contributed by atoms with Gasteiger partial charge in [-0.15, -0.1) is 0 Å². The number of aliphatic hydroxyl groups excluding tert-OH is 15. The van der Waals surface area contributed by atoms with Gasteiger partial charge in [0.1, 0.15) is 128 Å². The summed E-state index contributed by atoms with van der Waals surface area (Å²) in [5.41, 5.74) is -1.08. The Morgan fingerprint density at radius 1 is 0.531 bits per heavy atom. The smallest absolute Gasteiger partial charge is 0.726 e. The summed E-state index contributed by atoms with van der Waals surface area (Å²) in [4.78, 5) is 0. The van der Waals surface area contributed by atoms with Crippen molar-refractivity contribution in [2.75, 3.05) is 13.2 Å². The summed E-state index contributed by atoms with van der Waals surface area (Å²) < 4.78 is 122. The van der Waals surface area contributed by atoms with Crippen LogP contribution in [0.3, 0.4) is 0 Å². The Morgan fingerprint density at radius 2 is 1.01 bits per heavy atom. The Bertz CT molecular complexity index is 2800. The summed E-state index contributed by atoms with van der Waals surface area (Å²) in [5.74, 6) is -0.457. The van der Waals surface area contributed by atoms with Crippen LogP contribution < -0.4 is 29.6 Å². The van der Waals surface area contributed by atoms with Crippen LogP contribution in [0.4, 0.5) is 0 Å². The molecule has 3 saturated carbocycles. The second-order valence-corrected chi connectivity index (χ2v) is 31.2. The SMILES string of the molecule is CC(C)CC1OC1C(C)(O)[C@H]1CCC2C3CC(OC4OC(C)C(O)C(OC5OC(C)C(OC6OC(CO)C(OC7OC(CO)C(O)C(O)C7O)C(O)C6OC6OC(C)C(O)C(O)C6O)C(O)C5OC5OC(C)C(O)C(O)C5O)C4O)C4C[C@@H](OS(=O)(=O)[O-])CC[C@]4(C)C3=CC[C@@]21C.[Na+]. The molecule has 560 valence electrons. The first kappa shape index (κ1) is 80.0. The predicted octanol–water partition coefficient (Wildman–Crippen LogP) is -7.99. The van der Waals surface area contributed by atoms with Crippen molar-refractivity contribution in [2.45, 2.75) is 328 Å². The van der Waals surface area contributed by atoms with Crippen LogP contribution in [-0.2, 0) is 76.2 Å². The van der Waals surface area contributed by atoms with Gasteiger partial charge in [-0.25, -0.2) is 8.42 Å². The number of hydrogen-bond donors (Lipinski definition) is 16. The van der Waals surface area contributed by atoms with Crippen LogP contribution in [0.5, 0.6) is 0 Å². The van der Waals surface area contributed by atoms with E-state index < -0.39 is 242 Å². The van der Waals surface area contributed by atoms with E-state index in [2.05, 4.69) is 33.8 Å². The van der Waals surface area contributed by atoms with E-state index in [0.29, 0.717) is 31.6 Å². The maximum Gasteiger partial charge on any atom is 1.00 e. The van der Waals surface area contributed by atoms with Crippen molar-refractivity contribution in [3.63, 3.8) is 0 Å². The van der Waals surface area contributed by atoms with Gasteiger partial charge in [0.25, 0.3) is 0 Å². The molecule has 0 aromatic carbocycles. The third-order valence-corrected chi connectivity index (χ3v) is 23.9. The largest absolute Gasteiger partial charge is 1.00 e. The molecule has 11 aliphatic rings. The molecule has 98 heavy (non-hydrogen) atoms. The van der Waals surface area contributed by atoms with E-state index in [9.17, 15) is 94.7 Å². The van der Waals surface area contributed by atoms with Crippen molar-refractivity contribution in [1.29, 1.82) is 0 Å². The maximum absolute atomic E-state index is 12.8. The topological polar surface area (TPSA) is 513 Å². The number of hydrogen-bond acceptors (Lipinski definition) is 33. The van der Waals surface area contributed by atoms with E-state index in [0.717, 1.165) is 18.4 Å². The fraction of sp³-hybridized carbons (Fsp3) is 0.968. The fourth-order valence-corrected chi connectivity index (χ4v) is 18.4. The average Bonchev–Trinajstić information content (AvgIpc) is 1.44. The number of ether oxygens (including phenoxy) is 13. The average molecular weight is 1440 g/mol. The van der Waals surface area contributed by atoms with Crippen LogP contribution in [-0.4, -0.2) is 322 Å². The molecule has 0 bridgehead atoms. The molecule has 41 atom stereocenters. The number of fused-ring (bicyclic) bond motifs is 5. The molecule has 7 heterocycles. The Balaban J connectivity index is 0.0000104. The molecule has 35 heteroatoms. The number of epoxide rings is 1. The summed E-state index contributed by atoms with van der Waals surface area (Å²) in [5, 5.41) is 180. The Kier molecular flexibility index (Phi) is 25.3. The summed E-state index contributed by atoms with van der Waals surface area (Å²) in [7, 11) is -5.16. The van der Waals surface area contributed by atoms with Crippen LogP contribution in [0.25, 0.3) is 0 Å². The van der Waals surface area contributed by atoms with Gasteiger partial charge in [-0.3, -0.25) is 4.18 Å². The fourth-order valence-electron chi connectivity index (χ4n) is 17.9. The van der Waals surface area contributed by atoms with Crippen molar-refractivity contribution in [3.05, 3.63) is 11.6 Å². The molecule has 0 radical (unpaired) electrons. The van der Waals surface area contributed by atoms with Crippen LogP contribution in [0, 0.1) is 40.4 Å². The summed E-state index contributed by atoms with van der Waals surface area (Å²) in [6.07, 6.45) is -50.3. The van der Waals surface area contributed by atoms with Crippen LogP contribution in [0.2, 0.25) is 0 Å². The Morgan fingerprint density at radius 3 is 1.57 bits per heavy atom. The molecule has 0 aromatic rings. The molecule has 33 nitrogen and oxygen atoms in total. The van der Waals surface area contributed by atoms with E-state index in [1.807, 2.05) is 6.92 Å². The first-order chi connectivity index (χ1) is 45.4. The van der Waals surface area contributed by atoms with Crippen molar-refractivity contribution >= 4 is 10.4 Å². The zero-order chi connectivity index (χ0) is 70.8. The van der Waals surface area contributed by atoms with Gasteiger partial charge < -0.3 is 148 Å². The summed E-state index contributed by atoms with van der Waals surface area (Å²) >= 11 is 0. The van der Waals surface area contributed by atoms with Crippen LogP contribution in [0.15, 0.2) is 11.6 Å². The molecular weight excluding hydrogens is 1340 g/mol. The Hall–Kier alpha value is -0.550. The van der Waals surface area contributed by atoms with Gasteiger partial charge >= 0.3 is 29.6 Å². The third kappa shape index (κ3) is 15.4. The number of aliphatic hydroxyl groups is 16. The zero-order valence-electron chi connectivity index (χ0n) is 56.7. The van der Waals surface area contributed by atoms with Crippen molar-refractivity contribution < 1.29 is 190 Å². The molecule has 16 N–H and O–H groups in total. The number of allylic oxidation sites excluding steroid dienone is 2. The first-order valence-electron chi connectivity index (χ1n) is 34.1. The van der Waals surface area contributed by atoms with Crippen molar-refractivity contribution in [3.8, 4) is 0 Å². The predicted molar refractivity (Wildman–Crippen MR) is 320 cm³/mol. The van der Waals surface area contributed by atoms with E-state index in [4.69, 9.17) is 65.8 Å². The molecule has 0 aromatic heterocycles. The van der Waals surface area contributed by atoms with Crippen molar-refractivity contribution in [2.24, 2.45) is 40.4 Å². The van der Waals surface area contributed by atoms with Gasteiger partial charge in [-0.2, -0.15) is 0 Å². The molecule has 0 spiro atoms. The quantitative estimate of drug-likeness (QED) is 0.0177. The second kappa shape index (κ2) is 31.0. The van der Waals surface area contributed by atoms with Gasteiger partial charge in [-0.1, -0.05) is 39.3 Å². The number of rotatable bonds is 20. The van der Waals surface area contributed by atoms with Crippen molar-refractivity contribution in [1.82, 2.24) is 0 Å². The third-order valence-electron chi connectivity index (χ3n) is 23.4. The maximum atomic E-state index is 12.8. The van der Waals surface area contributed by atoms with Gasteiger partial charge in [0.15, 0.2) is 37.7 Å². The van der Waals surface area contributed by atoms with E-state index >= 15 is 0 Å².